The molecule has 3 nitrogen and oxygen atoms in total. The number of ketones is 1. The van der Waals surface area contributed by atoms with Crippen LogP contribution in [0.1, 0.15) is 24.8 Å². The number of alkyl halides is 1. The minimum atomic E-state index is -0.882. The second-order valence-electron chi connectivity index (χ2n) is 3.42. The molecule has 1 aromatic carbocycles. The van der Waals surface area contributed by atoms with Gasteiger partial charge in [0.2, 0.25) is 12.1 Å². The van der Waals surface area contributed by atoms with E-state index in [1.54, 1.807) is 0 Å². The summed E-state index contributed by atoms with van der Waals surface area (Å²) in [5.41, 5.74) is 0.753. The quantitative estimate of drug-likeness (QED) is 0.556. The van der Waals surface area contributed by atoms with Crippen molar-refractivity contribution in [2.75, 3.05) is 13.2 Å². The monoisotopic (exact) mass is 256 g/mol. The number of Topliss-reactive ketones (excluding diaryl/α,β-unsaturated/α-hetero) is 1. The standard InChI is InChI=1S/C13H17ClO3/c1-3-16-13(17-4-2)12(15)11(14)10-8-6-5-7-9-10/h5-9,11,13H,3-4H2,1-2H3. The first-order valence-corrected chi connectivity index (χ1v) is 6.10. The van der Waals surface area contributed by atoms with E-state index in [0.29, 0.717) is 13.2 Å². The maximum atomic E-state index is 12.0. The van der Waals surface area contributed by atoms with Crippen LogP contribution in [0.3, 0.4) is 0 Å². The molecule has 1 aromatic rings. The second kappa shape index (κ2) is 7.43. The van der Waals surface area contributed by atoms with Gasteiger partial charge in [-0.1, -0.05) is 30.3 Å². The zero-order valence-corrected chi connectivity index (χ0v) is 10.8. The van der Waals surface area contributed by atoms with E-state index in [4.69, 9.17) is 21.1 Å². The number of carbonyl (C=O) groups is 1. The van der Waals surface area contributed by atoms with E-state index in [0.717, 1.165) is 5.56 Å². The topological polar surface area (TPSA) is 35.5 Å². The number of hydrogen-bond donors (Lipinski definition) is 0. The molecule has 0 N–H and O–H groups in total. The van der Waals surface area contributed by atoms with Gasteiger partial charge < -0.3 is 9.47 Å². The molecule has 1 unspecified atom stereocenters. The molecule has 0 aliphatic rings. The van der Waals surface area contributed by atoms with Crippen molar-refractivity contribution in [2.45, 2.75) is 25.5 Å². The van der Waals surface area contributed by atoms with Crippen molar-refractivity contribution in [3.8, 4) is 0 Å². The summed E-state index contributed by atoms with van der Waals surface area (Å²) in [6.07, 6.45) is -0.882. The molecule has 94 valence electrons. The fraction of sp³-hybridized carbons (Fsp3) is 0.462. The number of benzene rings is 1. The molecule has 0 aromatic heterocycles. The van der Waals surface area contributed by atoms with E-state index in [2.05, 4.69) is 0 Å². The van der Waals surface area contributed by atoms with Gasteiger partial charge in [-0.2, -0.15) is 0 Å². The molecular formula is C13H17ClO3. The van der Waals surface area contributed by atoms with Gasteiger partial charge in [-0.25, -0.2) is 0 Å². The average molecular weight is 257 g/mol. The Hall–Kier alpha value is -0.900. The molecule has 0 aliphatic carbocycles. The Morgan fingerprint density at radius 2 is 1.71 bits per heavy atom. The van der Waals surface area contributed by atoms with Crippen molar-refractivity contribution in [3.63, 3.8) is 0 Å². The first-order valence-electron chi connectivity index (χ1n) is 5.66. The summed E-state index contributed by atoms with van der Waals surface area (Å²) in [5, 5.41) is -0.737. The Morgan fingerprint density at radius 1 is 1.18 bits per heavy atom. The van der Waals surface area contributed by atoms with Crippen molar-refractivity contribution >= 4 is 17.4 Å². The highest BCUT2D eigenvalue weighted by molar-refractivity contribution is 6.31. The molecular weight excluding hydrogens is 240 g/mol. The number of hydrogen-bond acceptors (Lipinski definition) is 3. The summed E-state index contributed by atoms with van der Waals surface area (Å²) < 4.78 is 10.5. The van der Waals surface area contributed by atoms with Crippen molar-refractivity contribution in [2.24, 2.45) is 0 Å². The summed E-state index contributed by atoms with van der Waals surface area (Å²) in [5.74, 6) is -0.262. The molecule has 17 heavy (non-hydrogen) atoms. The van der Waals surface area contributed by atoms with E-state index < -0.39 is 11.7 Å². The largest absolute Gasteiger partial charge is 0.346 e. The normalized spacial score (nSPS) is 12.7. The zero-order valence-electron chi connectivity index (χ0n) is 10.1. The minimum absolute atomic E-state index is 0.262. The van der Waals surface area contributed by atoms with Gasteiger partial charge in [-0.15, -0.1) is 11.6 Å². The van der Waals surface area contributed by atoms with Crippen LogP contribution in [0.5, 0.6) is 0 Å². The van der Waals surface area contributed by atoms with Crippen molar-refractivity contribution < 1.29 is 14.3 Å². The highest BCUT2D eigenvalue weighted by Gasteiger charge is 2.27. The Labute approximate surface area is 107 Å². The van der Waals surface area contributed by atoms with Crippen LogP contribution >= 0.6 is 11.6 Å². The molecule has 0 fully saturated rings. The van der Waals surface area contributed by atoms with Crippen molar-refractivity contribution in [1.82, 2.24) is 0 Å². The van der Waals surface area contributed by atoms with Gasteiger partial charge in [-0.05, 0) is 19.4 Å². The van der Waals surface area contributed by atoms with Gasteiger partial charge in [0, 0.05) is 13.2 Å². The van der Waals surface area contributed by atoms with Crippen molar-refractivity contribution in [3.05, 3.63) is 35.9 Å². The van der Waals surface area contributed by atoms with Gasteiger partial charge in [0.1, 0.15) is 5.38 Å². The van der Waals surface area contributed by atoms with Gasteiger partial charge in [0.25, 0.3) is 0 Å². The smallest absolute Gasteiger partial charge is 0.219 e. The minimum Gasteiger partial charge on any atom is -0.346 e. The van der Waals surface area contributed by atoms with E-state index in [1.165, 1.54) is 0 Å². The van der Waals surface area contributed by atoms with Crippen molar-refractivity contribution in [1.29, 1.82) is 0 Å². The second-order valence-corrected chi connectivity index (χ2v) is 3.85. The summed E-state index contributed by atoms with van der Waals surface area (Å²) >= 11 is 6.11. The molecule has 0 spiro atoms. The van der Waals surface area contributed by atoms with Crippen LogP contribution in [0.15, 0.2) is 30.3 Å². The summed E-state index contributed by atoms with van der Waals surface area (Å²) in [4.78, 5) is 12.0. The molecule has 1 atom stereocenters. The van der Waals surface area contributed by atoms with E-state index in [9.17, 15) is 4.79 Å². The van der Waals surface area contributed by atoms with Crippen LogP contribution in [-0.2, 0) is 14.3 Å². The van der Waals surface area contributed by atoms with E-state index in [1.807, 2.05) is 44.2 Å². The summed E-state index contributed by atoms with van der Waals surface area (Å²) in [6.45, 7) is 4.44. The van der Waals surface area contributed by atoms with Gasteiger partial charge in [-0.3, -0.25) is 4.79 Å². The molecule has 0 bridgehead atoms. The Balaban J connectivity index is 2.73. The lowest BCUT2D eigenvalue weighted by Crippen LogP contribution is -2.30. The van der Waals surface area contributed by atoms with Crippen LogP contribution in [0.25, 0.3) is 0 Å². The molecule has 0 heterocycles. The Morgan fingerprint density at radius 3 is 2.18 bits per heavy atom. The van der Waals surface area contributed by atoms with E-state index >= 15 is 0 Å². The molecule has 1 rings (SSSR count). The molecule has 0 saturated carbocycles. The lowest BCUT2D eigenvalue weighted by molar-refractivity contribution is -0.167. The number of halogens is 1. The van der Waals surface area contributed by atoms with E-state index in [-0.39, 0.29) is 5.78 Å². The lowest BCUT2D eigenvalue weighted by Gasteiger charge is -2.18. The molecule has 0 saturated heterocycles. The third-order valence-corrected chi connectivity index (χ3v) is 2.68. The van der Waals surface area contributed by atoms with Crippen LogP contribution in [0, 0.1) is 0 Å². The fourth-order valence-electron chi connectivity index (χ4n) is 1.42. The SMILES string of the molecule is CCOC(OCC)C(=O)C(Cl)c1ccccc1. The highest BCUT2D eigenvalue weighted by Crippen LogP contribution is 2.23. The number of carbonyl (C=O) groups excluding carboxylic acids is 1. The van der Waals surface area contributed by atoms with Crippen LogP contribution in [-0.4, -0.2) is 25.3 Å². The summed E-state index contributed by atoms with van der Waals surface area (Å²) in [6, 6.07) is 9.18. The zero-order chi connectivity index (χ0) is 12.7. The predicted molar refractivity (Wildman–Crippen MR) is 67.1 cm³/mol. The fourth-order valence-corrected chi connectivity index (χ4v) is 1.67. The van der Waals surface area contributed by atoms with Crippen LogP contribution in [0.2, 0.25) is 0 Å². The van der Waals surface area contributed by atoms with Gasteiger partial charge >= 0.3 is 0 Å². The number of ether oxygens (including phenoxy) is 2. The first kappa shape index (κ1) is 14.2. The third-order valence-electron chi connectivity index (χ3n) is 2.21. The predicted octanol–water partition coefficient (Wildman–Crippen LogP) is 2.93. The average Bonchev–Trinajstić information content (AvgIpc) is 2.38. The van der Waals surface area contributed by atoms with Gasteiger partial charge in [0.05, 0.1) is 0 Å². The van der Waals surface area contributed by atoms with Crippen LogP contribution < -0.4 is 0 Å². The Kier molecular flexibility index (Phi) is 6.19. The first-order chi connectivity index (χ1) is 8.20. The van der Waals surface area contributed by atoms with Crippen LogP contribution in [0.4, 0.5) is 0 Å². The van der Waals surface area contributed by atoms with Gasteiger partial charge in [0.15, 0.2) is 0 Å². The third kappa shape index (κ3) is 4.11. The molecule has 0 radical (unpaired) electrons. The molecule has 0 aliphatic heterocycles. The maximum absolute atomic E-state index is 12.0. The molecule has 0 amide bonds. The highest BCUT2D eigenvalue weighted by atomic mass is 35.5. The summed E-state index contributed by atoms with van der Waals surface area (Å²) in [7, 11) is 0. The lowest BCUT2D eigenvalue weighted by atomic mass is 10.1. The molecule has 4 heteroatoms. The number of rotatable bonds is 7. The Bertz CT molecular complexity index is 334. The maximum Gasteiger partial charge on any atom is 0.219 e.